The number of carbonyl (C=O) groups excluding carboxylic acids is 15. The molecule has 6 aromatic rings. The number of phenolic OH excluding ortho intramolecular Hbond substituents is 2. The predicted molar refractivity (Wildman–Crippen MR) is 486 cm³/mol. The smallest absolute Gasteiger partial charge is 0.305 e. The molecular weight excluding hydrogens is 1800 g/mol. The third-order valence-electron chi connectivity index (χ3n) is 23.5. The van der Waals surface area contributed by atoms with E-state index in [0.29, 0.717) is 57.9 Å². The van der Waals surface area contributed by atoms with Crippen molar-refractivity contribution in [2.45, 2.75) is 190 Å². The summed E-state index contributed by atoms with van der Waals surface area (Å²) in [5.74, 6) is -27.4. The largest absolute Gasteiger partial charge is 0.508 e. The van der Waals surface area contributed by atoms with Gasteiger partial charge in [0.05, 0.1) is 45.1 Å². The molecule has 0 aliphatic carbocycles. The van der Waals surface area contributed by atoms with E-state index in [0.717, 1.165) is 31.5 Å². The van der Waals surface area contributed by atoms with Gasteiger partial charge in [-0.2, -0.15) is 0 Å². The molecule has 9 rings (SSSR count). The molecule has 734 valence electrons. The van der Waals surface area contributed by atoms with Crippen LogP contribution in [0, 0.1) is 29.3 Å². The zero-order chi connectivity index (χ0) is 99.5. The predicted octanol–water partition coefficient (Wildman–Crippen LogP) is 0.904. The number of ether oxygens (including phenoxy) is 2. The lowest BCUT2D eigenvalue weighted by Gasteiger charge is -2.41. The molecule has 0 unspecified atom stereocenters. The lowest BCUT2D eigenvalue weighted by molar-refractivity contribution is -0.158. The number of fused-ring (bicyclic) bond motifs is 3. The van der Waals surface area contributed by atoms with Gasteiger partial charge in [0.1, 0.15) is 90.0 Å². The van der Waals surface area contributed by atoms with Gasteiger partial charge < -0.3 is 113 Å². The number of carboxylic acids is 2. The molecule has 3 aliphatic rings. The van der Waals surface area contributed by atoms with E-state index in [2.05, 4.69) is 52.8 Å². The molecule has 3 fully saturated rings. The van der Waals surface area contributed by atoms with Gasteiger partial charge >= 0.3 is 11.9 Å². The number of benzene rings is 5. The number of nitrogens with one attached hydrogen (secondary N) is 10. The highest BCUT2D eigenvalue weighted by atomic mass is 32.2. The van der Waals surface area contributed by atoms with Crippen molar-refractivity contribution in [3.63, 3.8) is 0 Å². The maximum Gasteiger partial charge on any atom is 0.305 e. The maximum absolute atomic E-state index is 15.7. The molecule has 16 N–H and O–H groups in total. The minimum atomic E-state index is -2.05. The normalized spacial score (nSPS) is 23.5. The van der Waals surface area contributed by atoms with E-state index >= 15 is 56.7 Å². The number of nitrogens with zero attached hydrogens (tertiary/aromatic N) is 5. The second-order valence-corrected chi connectivity index (χ2v) is 35.5. The summed E-state index contributed by atoms with van der Waals surface area (Å²) in [6, 6.07) is 4.39. The molecule has 0 saturated carbocycles. The van der Waals surface area contributed by atoms with Crippen molar-refractivity contribution in [2.75, 3.05) is 78.7 Å². The number of primary amides is 1. The number of rotatable bonds is 24. The molecular formula is C93H117F3N16O23S. The Hall–Kier alpha value is -13.7. The van der Waals surface area contributed by atoms with Crippen molar-refractivity contribution >= 4 is 123 Å². The number of thioether (sulfide) groups is 1. The lowest BCUT2D eigenvalue weighted by Crippen LogP contribution is -2.64. The Morgan fingerprint density at radius 3 is 1.60 bits per heavy atom. The van der Waals surface area contributed by atoms with Gasteiger partial charge in [-0.15, -0.1) is 11.8 Å². The van der Waals surface area contributed by atoms with Crippen LogP contribution in [0.1, 0.15) is 107 Å². The van der Waals surface area contributed by atoms with Crippen molar-refractivity contribution in [1.82, 2.24) is 77.3 Å². The first-order valence-electron chi connectivity index (χ1n) is 44.5. The molecule has 0 radical (unpaired) electrons. The standard InChI is InChI=1S/C93H117F3N16O23S/c1-9-10-20-70-92(132)112-32-34-135-47-74(112)88(128)105-67(43-78(119)120)85(125)107-80(51(4)5)93(133)109(7)71(40-52-16-12-11-13-17-52)86(126)101-63(29-30-77(117)118)90(130)111-31-33-134-46-73(111)87(127)104-66(42-56-44-98-62-19-15-14-18-59(56)62)84(124)103-65(38-53-21-25-57(113)26-22-53)83(123)102-64(35-50(2)3)82(122)106-69(81(121)99-45-75(97)115)48-136-49-76(116)100-68(39-55-36-60(94)79(96)61(95)37-55)89(129)110(8)72(91(131)108(70)6)41-54-23-27-58(114)28-24-54/h11-19,21-28,36-37,44,50-51,63-74,80,98,113-114H,9-10,20,29-35,38-43,45-49H2,1-8H3,(H2,97,115)(H,99,121)(H,100,116)(H,101,126)(H,102,123)(H,103,124)(H,104,127)(H,105,128)(H,106,122)(H,107,125)(H,117,118)(H,119,120)/t63-,64-,65-,66+,67-,68-,69-,70-,71-,72-,73+,74+,80+/m0/s1. The summed E-state index contributed by atoms with van der Waals surface area (Å²) in [7, 11) is 3.55. The highest BCUT2D eigenvalue weighted by Gasteiger charge is 2.46. The van der Waals surface area contributed by atoms with Gasteiger partial charge in [0.15, 0.2) is 17.5 Å². The van der Waals surface area contributed by atoms with Gasteiger partial charge in [0, 0.05) is 95.6 Å². The lowest BCUT2D eigenvalue weighted by atomic mass is 9.98. The number of carboxylic acid groups (broad SMARTS) is 2. The quantitative estimate of drug-likeness (QED) is 0.0374. The SMILES string of the molecule is CCCC[C@H]1C(=O)N2CCOC[C@@H]2C(=O)N[C@@H](CC(=O)O)C(=O)N[C@H](C(C)C)C(=O)N(C)[C@@H](Cc2ccccc2)C(=O)N[C@@H](CCC(=O)O)C(=O)N2CCOC[C@@H]2C(=O)N[C@H](Cc2c[nH]c3ccccc23)C(=O)N[C@@H](Cc2ccc(O)cc2)C(=O)N[C@@H](CC(C)C)C(=O)N[C@H](C(=O)NCC(N)=O)CSCC(=O)N[C@@H](Cc2cc(F)c(F)c(F)c2)C(=O)N(C)[C@@H](Cc2ccc(O)cc2)C(=O)N1C. The number of hydrogen-bond acceptors (Lipinski definition) is 22. The second kappa shape index (κ2) is 50.0. The van der Waals surface area contributed by atoms with Crippen LogP contribution in [-0.2, 0) is 123 Å². The number of carbonyl (C=O) groups is 17. The number of nitrogens with two attached hydrogens (primary N) is 1. The van der Waals surface area contributed by atoms with Crippen LogP contribution < -0.4 is 53.6 Å². The Bertz CT molecular complexity index is 5290. The molecule has 5 aromatic carbocycles. The number of para-hydroxylation sites is 1. The molecule has 39 nitrogen and oxygen atoms in total. The number of phenols is 2. The van der Waals surface area contributed by atoms with Crippen molar-refractivity contribution in [2.24, 2.45) is 17.6 Å². The van der Waals surface area contributed by atoms with Crippen molar-refractivity contribution in [3.8, 4) is 11.5 Å². The first-order valence-corrected chi connectivity index (χ1v) is 45.6. The minimum absolute atomic E-state index is 0.133. The molecule has 43 heteroatoms. The minimum Gasteiger partial charge on any atom is -0.508 e. The fourth-order valence-corrected chi connectivity index (χ4v) is 16.9. The second-order valence-electron chi connectivity index (χ2n) is 34.4. The zero-order valence-corrected chi connectivity index (χ0v) is 77.3. The number of hydrogen-bond donors (Lipinski definition) is 15. The monoisotopic (exact) mass is 1910 g/mol. The fourth-order valence-electron chi connectivity index (χ4n) is 16.0. The van der Waals surface area contributed by atoms with Crippen LogP contribution in [0.3, 0.4) is 0 Å². The first-order chi connectivity index (χ1) is 64.6. The molecule has 0 spiro atoms. The van der Waals surface area contributed by atoms with Crippen molar-refractivity contribution in [1.29, 1.82) is 0 Å². The van der Waals surface area contributed by atoms with Gasteiger partial charge in [0.2, 0.25) is 88.6 Å². The van der Waals surface area contributed by atoms with Crippen molar-refractivity contribution in [3.05, 3.63) is 167 Å². The van der Waals surface area contributed by atoms with E-state index in [1.807, 2.05) is 0 Å². The van der Waals surface area contributed by atoms with Crippen LogP contribution in [0.5, 0.6) is 11.5 Å². The third-order valence-corrected chi connectivity index (χ3v) is 24.5. The average Bonchev–Trinajstić information content (AvgIpc) is 0.838. The van der Waals surface area contributed by atoms with E-state index in [4.69, 9.17) is 15.2 Å². The number of H-pyrrole nitrogens is 1. The summed E-state index contributed by atoms with van der Waals surface area (Å²) >= 11 is 0.636. The van der Waals surface area contributed by atoms with Gasteiger partial charge in [0.25, 0.3) is 0 Å². The number of aromatic nitrogens is 1. The number of likely N-dealkylation sites (N-methyl/N-ethyl adjacent to an activating group) is 3. The molecule has 1 aromatic heterocycles. The van der Waals surface area contributed by atoms with Gasteiger partial charge in [-0.25, -0.2) is 13.2 Å². The molecule has 0 bridgehead atoms. The summed E-state index contributed by atoms with van der Waals surface area (Å²) in [5, 5.41) is 65.1. The van der Waals surface area contributed by atoms with E-state index in [9.17, 15) is 58.4 Å². The molecule has 13 atom stereocenters. The summed E-state index contributed by atoms with van der Waals surface area (Å²) in [6.45, 7) is 4.98. The van der Waals surface area contributed by atoms with Crippen LogP contribution >= 0.6 is 11.8 Å². The number of morpholine rings is 2. The third kappa shape index (κ3) is 29.6. The maximum atomic E-state index is 15.7. The van der Waals surface area contributed by atoms with E-state index in [-0.39, 0.29) is 75.5 Å². The van der Waals surface area contributed by atoms with Gasteiger partial charge in [-0.05, 0) is 101 Å². The van der Waals surface area contributed by atoms with Crippen LogP contribution in [0.15, 0.2) is 121 Å². The number of halogens is 3. The molecule has 3 aliphatic heterocycles. The number of aromatic amines is 1. The van der Waals surface area contributed by atoms with Crippen LogP contribution in [-0.4, -0.2) is 308 Å². The van der Waals surface area contributed by atoms with Gasteiger partial charge in [-0.1, -0.05) is 120 Å². The Kier molecular flexibility index (Phi) is 39.0. The van der Waals surface area contributed by atoms with E-state index in [1.165, 1.54) is 76.5 Å². The number of aliphatic carboxylic acids is 2. The number of unbranched alkanes of at least 4 members (excludes halogenated alkanes) is 1. The highest BCUT2D eigenvalue weighted by Crippen LogP contribution is 2.27. The summed E-state index contributed by atoms with van der Waals surface area (Å²) in [4.78, 5) is 259. The molecule has 136 heavy (non-hydrogen) atoms. The van der Waals surface area contributed by atoms with E-state index in [1.54, 1.807) is 81.6 Å². The first kappa shape index (κ1) is 106. The topological polar surface area (TPSA) is 556 Å². The summed E-state index contributed by atoms with van der Waals surface area (Å²) in [6.07, 6.45) is -3.02. The van der Waals surface area contributed by atoms with Crippen molar-refractivity contribution < 1.29 is 125 Å². The van der Waals surface area contributed by atoms with Crippen LogP contribution in [0.2, 0.25) is 0 Å². The fraction of sp³-hybridized carbons (Fsp3) is 0.473. The molecule has 3 saturated heterocycles. The van der Waals surface area contributed by atoms with Gasteiger partial charge in [-0.3, -0.25) is 81.5 Å². The molecule has 15 amide bonds. The summed E-state index contributed by atoms with van der Waals surface area (Å²) in [5.41, 5.74) is 7.09. The summed E-state index contributed by atoms with van der Waals surface area (Å²) < 4.78 is 56.7. The average molecular weight is 1920 g/mol. The number of amides is 15. The number of aromatic hydroxyl groups is 2. The Morgan fingerprint density at radius 1 is 0.515 bits per heavy atom. The Balaban J connectivity index is 1.15. The highest BCUT2D eigenvalue weighted by molar-refractivity contribution is 8.00. The molecule has 4 heterocycles. The zero-order valence-electron chi connectivity index (χ0n) is 76.5. The Morgan fingerprint density at radius 2 is 1.02 bits per heavy atom. The van der Waals surface area contributed by atoms with E-state index < -0.39 is 284 Å². The Labute approximate surface area is 786 Å². The van der Waals surface area contributed by atoms with Crippen LogP contribution in [0.25, 0.3) is 10.9 Å². The van der Waals surface area contributed by atoms with Crippen LogP contribution in [0.4, 0.5) is 13.2 Å².